The van der Waals surface area contributed by atoms with Crippen molar-refractivity contribution in [1.82, 2.24) is 4.90 Å². The molecule has 6 heteroatoms. The third kappa shape index (κ3) is 4.59. The molecule has 0 aliphatic carbocycles. The summed E-state index contributed by atoms with van der Waals surface area (Å²) in [5.41, 5.74) is 10.7. The zero-order valence-corrected chi connectivity index (χ0v) is 9.35. The molecule has 16 heavy (non-hydrogen) atoms. The average molecular weight is 229 g/mol. The van der Waals surface area contributed by atoms with E-state index >= 15 is 0 Å². The molecule has 4 N–H and O–H groups in total. The number of rotatable bonds is 5. The lowest BCUT2D eigenvalue weighted by Gasteiger charge is -2.27. The highest BCUT2D eigenvalue weighted by Gasteiger charge is 2.17. The Morgan fingerprint density at radius 3 is 2.50 bits per heavy atom. The molecule has 92 valence electrons. The second-order valence-corrected chi connectivity index (χ2v) is 3.96. The Morgan fingerprint density at radius 1 is 1.31 bits per heavy atom. The highest BCUT2D eigenvalue weighted by atomic mass is 16.5. The summed E-state index contributed by atoms with van der Waals surface area (Å²) >= 11 is 0. The van der Waals surface area contributed by atoms with E-state index in [1.165, 1.54) is 0 Å². The Bertz CT molecular complexity index is 252. The molecular weight excluding hydrogens is 210 g/mol. The van der Waals surface area contributed by atoms with Crippen LogP contribution in [0.2, 0.25) is 0 Å². The molecule has 0 spiro atoms. The molecule has 1 saturated heterocycles. The fourth-order valence-corrected chi connectivity index (χ4v) is 1.64. The van der Waals surface area contributed by atoms with Gasteiger partial charge in [0.05, 0.1) is 13.2 Å². The molecule has 0 bridgehead atoms. The summed E-state index contributed by atoms with van der Waals surface area (Å²) in [6.45, 7) is 2.48. The van der Waals surface area contributed by atoms with E-state index in [0.29, 0.717) is 39.1 Å². The quantitative estimate of drug-likeness (QED) is 0.620. The summed E-state index contributed by atoms with van der Waals surface area (Å²) in [6, 6.07) is -0.317. The number of nitrogens with zero attached hydrogens (tertiary/aromatic N) is 1. The SMILES string of the molecule is NC(=O)CC(N)CCC(=O)N1CCOCC1. The summed E-state index contributed by atoms with van der Waals surface area (Å²) in [6.07, 6.45) is 1.00. The number of ether oxygens (including phenoxy) is 1. The van der Waals surface area contributed by atoms with Gasteiger partial charge in [-0.15, -0.1) is 0 Å². The maximum atomic E-state index is 11.7. The average Bonchev–Trinajstić information content (AvgIpc) is 2.26. The van der Waals surface area contributed by atoms with Gasteiger partial charge in [-0.05, 0) is 6.42 Å². The molecule has 0 saturated carbocycles. The second-order valence-electron chi connectivity index (χ2n) is 3.96. The van der Waals surface area contributed by atoms with Gasteiger partial charge in [-0.3, -0.25) is 9.59 Å². The van der Waals surface area contributed by atoms with E-state index in [1.54, 1.807) is 4.90 Å². The van der Waals surface area contributed by atoms with Crippen LogP contribution in [0.25, 0.3) is 0 Å². The summed E-state index contributed by atoms with van der Waals surface area (Å²) < 4.78 is 5.15. The van der Waals surface area contributed by atoms with Gasteiger partial charge in [-0.1, -0.05) is 0 Å². The van der Waals surface area contributed by atoms with E-state index in [4.69, 9.17) is 16.2 Å². The van der Waals surface area contributed by atoms with Crippen LogP contribution in [0.15, 0.2) is 0 Å². The van der Waals surface area contributed by atoms with E-state index < -0.39 is 5.91 Å². The largest absolute Gasteiger partial charge is 0.378 e. The fourth-order valence-electron chi connectivity index (χ4n) is 1.64. The van der Waals surface area contributed by atoms with E-state index in [9.17, 15) is 9.59 Å². The third-order valence-electron chi connectivity index (χ3n) is 2.56. The van der Waals surface area contributed by atoms with Crippen LogP contribution in [0, 0.1) is 0 Å². The first-order valence-corrected chi connectivity index (χ1v) is 5.49. The minimum Gasteiger partial charge on any atom is -0.378 e. The molecule has 1 rings (SSSR count). The lowest BCUT2D eigenvalue weighted by molar-refractivity contribution is -0.135. The van der Waals surface area contributed by atoms with Gasteiger partial charge in [0.15, 0.2) is 0 Å². The molecule has 0 radical (unpaired) electrons. The number of primary amides is 1. The van der Waals surface area contributed by atoms with Crippen LogP contribution in [0.3, 0.4) is 0 Å². The van der Waals surface area contributed by atoms with Crippen molar-refractivity contribution in [3.8, 4) is 0 Å². The predicted molar refractivity (Wildman–Crippen MR) is 58.4 cm³/mol. The van der Waals surface area contributed by atoms with Gasteiger partial charge >= 0.3 is 0 Å². The Kier molecular flexibility index (Phi) is 5.21. The van der Waals surface area contributed by atoms with Gasteiger partial charge in [0.2, 0.25) is 11.8 Å². The van der Waals surface area contributed by atoms with E-state index in [-0.39, 0.29) is 18.4 Å². The molecule has 1 fully saturated rings. The van der Waals surface area contributed by atoms with Crippen molar-refractivity contribution in [3.05, 3.63) is 0 Å². The summed E-state index contributed by atoms with van der Waals surface area (Å²) in [5.74, 6) is -0.352. The van der Waals surface area contributed by atoms with Crippen molar-refractivity contribution in [2.75, 3.05) is 26.3 Å². The molecular formula is C10H19N3O3. The number of amides is 2. The molecule has 0 aromatic carbocycles. The predicted octanol–water partition coefficient (Wildman–Crippen LogP) is -1.17. The first-order chi connectivity index (χ1) is 7.59. The third-order valence-corrected chi connectivity index (χ3v) is 2.56. The molecule has 1 aliphatic rings. The van der Waals surface area contributed by atoms with Gasteiger partial charge < -0.3 is 21.1 Å². The van der Waals surface area contributed by atoms with Crippen molar-refractivity contribution < 1.29 is 14.3 Å². The van der Waals surface area contributed by atoms with Crippen molar-refractivity contribution in [2.45, 2.75) is 25.3 Å². The second kappa shape index (κ2) is 6.44. The number of morpholine rings is 1. The minimum atomic E-state index is -0.425. The maximum Gasteiger partial charge on any atom is 0.222 e. The van der Waals surface area contributed by atoms with Gasteiger partial charge in [-0.2, -0.15) is 0 Å². The van der Waals surface area contributed by atoms with Crippen LogP contribution in [0.5, 0.6) is 0 Å². The van der Waals surface area contributed by atoms with Crippen molar-refractivity contribution in [1.29, 1.82) is 0 Å². The van der Waals surface area contributed by atoms with Crippen LogP contribution >= 0.6 is 0 Å². The summed E-state index contributed by atoms with van der Waals surface area (Å²) in [5, 5.41) is 0. The van der Waals surface area contributed by atoms with Crippen LogP contribution in [-0.2, 0) is 14.3 Å². The maximum absolute atomic E-state index is 11.7. The molecule has 1 unspecified atom stereocenters. The van der Waals surface area contributed by atoms with Gasteiger partial charge in [-0.25, -0.2) is 0 Å². The highest BCUT2D eigenvalue weighted by molar-refractivity contribution is 5.77. The summed E-state index contributed by atoms with van der Waals surface area (Å²) in [7, 11) is 0. The molecule has 1 heterocycles. The standard InChI is InChI=1S/C10H19N3O3/c11-8(7-9(12)14)1-2-10(15)13-3-5-16-6-4-13/h8H,1-7,11H2,(H2,12,14). The molecule has 1 atom stereocenters. The molecule has 1 aliphatic heterocycles. The van der Waals surface area contributed by atoms with Crippen molar-refractivity contribution in [3.63, 3.8) is 0 Å². The van der Waals surface area contributed by atoms with Crippen LogP contribution in [-0.4, -0.2) is 49.1 Å². The highest BCUT2D eigenvalue weighted by Crippen LogP contribution is 2.05. The number of nitrogens with two attached hydrogens (primary N) is 2. The van der Waals surface area contributed by atoms with E-state index in [2.05, 4.69) is 0 Å². The van der Waals surface area contributed by atoms with E-state index in [0.717, 1.165) is 0 Å². The Morgan fingerprint density at radius 2 is 1.94 bits per heavy atom. The fraction of sp³-hybridized carbons (Fsp3) is 0.800. The first-order valence-electron chi connectivity index (χ1n) is 5.49. The van der Waals surface area contributed by atoms with Gasteiger partial charge in [0, 0.05) is 32.0 Å². The van der Waals surface area contributed by atoms with Gasteiger partial charge in [0.1, 0.15) is 0 Å². The Balaban J connectivity index is 2.20. The number of hydrogen-bond donors (Lipinski definition) is 2. The minimum absolute atomic E-state index is 0.0724. The number of hydrogen-bond acceptors (Lipinski definition) is 4. The molecule has 0 aromatic heterocycles. The zero-order valence-electron chi connectivity index (χ0n) is 9.35. The van der Waals surface area contributed by atoms with E-state index in [1.807, 2.05) is 0 Å². The van der Waals surface area contributed by atoms with Gasteiger partial charge in [0.25, 0.3) is 0 Å². The lowest BCUT2D eigenvalue weighted by atomic mass is 10.1. The zero-order chi connectivity index (χ0) is 12.0. The van der Waals surface area contributed by atoms with Crippen LogP contribution in [0.1, 0.15) is 19.3 Å². The van der Waals surface area contributed by atoms with Crippen LogP contribution in [0.4, 0.5) is 0 Å². The Labute approximate surface area is 94.9 Å². The smallest absolute Gasteiger partial charge is 0.222 e. The molecule has 0 aromatic rings. The first kappa shape index (κ1) is 12.9. The monoisotopic (exact) mass is 229 g/mol. The lowest BCUT2D eigenvalue weighted by Crippen LogP contribution is -2.41. The van der Waals surface area contributed by atoms with Crippen LogP contribution < -0.4 is 11.5 Å². The number of carbonyl (C=O) groups is 2. The molecule has 2 amide bonds. The normalized spacial score (nSPS) is 18.2. The molecule has 6 nitrogen and oxygen atoms in total. The Hall–Kier alpha value is -1.14. The van der Waals surface area contributed by atoms with Crippen molar-refractivity contribution >= 4 is 11.8 Å². The van der Waals surface area contributed by atoms with Crippen molar-refractivity contribution in [2.24, 2.45) is 11.5 Å². The summed E-state index contributed by atoms with van der Waals surface area (Å²) in [4.78, 5) is 24.0. The topological polar surface area (TPSA) is 98.7 Å². The number of carbonyl (C=O) groups excluding carboxylic acids is 2.